The van der Waals surface area contributed by atoms with E-state index >= 15 is 0 Å². The summed E-state index contributed by atoms with van der Waals surface area (Å²) in [5, 5.41) is 0. The number of pyridine rings is 1. The molecular formula is C24H41NO. The van der Waals surface area contributed by atoms with Crippen molar-refractivity contribution >= 4 is 0 Å². The molecule has 148 valence electrons. The maximum absolute atomic E-state index is 5.52. The minimum atomic E-state index is 0.540. The summed E-state index contributed by atoms with van der Waals surface area (Å²) in [7, 11) is 0. The molecule has 2 rings (SSSR count). The van der Waals surface area contributed by atoms with Gasteiger partial charge in [0, 0.05) is 11.8 Å². The van der Waals surface area contributed by atoms with E-state index in [-0.39, 0.29) is 0 Å². The molecule has 1 aromatic heterocycles. The number of unbranched alkanes of at least 4 members (excludes halogenated alkanes) is 13. The number of rotatable bonds is 16. The molecule has 1 aromatic rings. The first kappa shape index (κ1) is 21.3. The molecule has 0 radical (unpaired) electrons. The number of nitrogens with zero attached hydrogens (tertiary/aromatic N) is 1. The predicted octanol–water partition coefficient (Wildman–Crippen LogP) is 8.33. The molecule has 2 heteroatoms. The Morgan fingerprint density at radius 1 is 0.769 bits per heavy atom. The van der Waals surface area contributed by atoms with Gasteiger partial charge in [-0.1, -0.05) is 104 Å². The fraction of sp³-hybridized carbons (Fsp3) is 0.792. The fourth-order valence-corrected chi connectivity index (χ4v) is 3.94. The van der Waals surface area contributed by atoms with Crippen molar-refractivity contribution in [1.29, 1.82) is 0 Å². The van der Waals surface area contributed by atoms with Crippen LogP contribution >= 0.6 is 0 Å². The van der Waals surface area contributed by atoms with Crippen LogP contribution in [0.25, 0.3) is 0 Å². The van der Waals surface area contributed by atoms with E-state index in [4.69, 9.17) is 4.74 Å². The molecular weight excluding hydrogens is 318 g/mol. The third kappa shape index (κ3) is 7.68. The average Bonchev–Trinajstić information content (AvgIpc) is 3.41. The summed E-state index contributed by atoms with van der Waals surface area (Å²) >= 11 is 0. The van der Waals surface area contributed by atoms with Gasteiger partial charge in [0.2, 0.25) is 0 Å². The van der Waals surface area contributed by atoms with Gasteiger partial charge in [-0.2, -0.15) is 0 Å². The average molecular weight is 360 g/mol. The number of aromatic nitrogens is 1. The second-order valence-electron chi connectivity index (χ2n) is 8.43. The van der Waals surface area contributed by atoms with Gasteiger partial charge in [0.15, 0.2) is 5.75 Å². The lowest BCUT2D eigenvalue weighted by Gasteiger charge is -2.09. The lowest BCUT2D eigenvalue weighted by atomic mass is 9.95. The van der Waals surface area contributed by atoms with Gasteiger partial charge in [-0.05, 0) is 24.3 Å². The maximum Gasteiger partial charge on any atom is 0.263 e. The summed E-state index contributed by atoms with van der Waals surface area (Å²) in [5.74, 6) is 2.50. The SMILES string of the molecule is CCCCCCCCCCCCCCCCc1c(C(C)C)cnc2c1O2. The van der Waals surface area contributed by atoms with Crippen molar-refractivity contribution in [3.8, 4) is 11.6 Å². The Balaban J connectivity index is 1.42. The summed E-state index contributed by atoms with van der Waals surface area (Å²) in [6.07, 6.45) is 23.0. The van der Waals surface area contributed by atoms with Crippen LogP contribution in [0.2, 0.25) is 0 Å². The summed E-state index contributed by atoms with van der Waals surface area (Å²) < 4.78 is 5.52. The van der Waals surface area contributed by atoms with Gasteiger partial charge in [0.25, 0.3) is 5.88 Å². The highest BCUT2D eigenvalue weighted by Crippen LogP contribution is 2.48. The summed E-state index contributed by atoms with van der Waals surface area (Å²) in [6.45, 7) is 6.79. The highest BCUT2D eigenvalue weighted by Gasteiger charge is 2.29. The monoisotopic (exact) mass is 359 g/mol. The number of fused-ring (bicyclic) bond motifs is 1. The maximum atomic E-state index is 5.52. The highest BCUT2D eigenvalue weighted by molar-refractivity contribution is 5.57. The van der Waals surface area contributed by atoms with Gasteiger partial charge in [-0.15, -0.1) is 0 Å². The van der Waals surface area contributed by atoms with Gasteiger partial charge in [0.1, 0.15) is 0 Å². The van der Waals surface area contributed by atoms with Crippen LogP contribution in [0.1, 0.15) is 128 Å². The standard InChI is InChI=1S/C24H41NO/c1-4-5-6-7-8-9-10-11-12-13-14-15-16-17-18-21-22(20(2)3)19-25-24-23(21)26-24/h19-20H,4-18H2,1-3H3. The Morgan fingerprint density at radius 3 is 1.77 bits per heavy atom. The van der Waals surface area contributed by atoms with Gasteiger partial charge in [-0.25, -0.2) is 4.98 Å². The third-order valence-electron chi connectivity index (χ3n) is 5.70. The van der Waals surface area contributed by atoms with E-state index in [1.807, 2.05) is 6.20 Å². The van der Waals surface area contributed by atoms with Crippen molar-refractivity contribution < 1.29 is 4.74 Å². The first-order valence-electron chi connectivity index (χ1n) is 11.4. The quantitative estimate of drug-likeness (QED) is 0.222. The Kier molecular flexibility index (Phi) is 10.1. The molecule has 2 heterocycles. The number of hydrogen-bond acceptors (Lipinski definition) is 2. The third-order valence-corrected chi connectivity index (χ3v) is 5.70. The predicted molar refractivity (Wildman–Crippen MR) is 112 cm³/mol. The molecule has 0 saturated heterocycles. The Labute approximate surface area is 162 Å². The molecule has 0 amide bonds. The summed E-state index contributed by atoms with van der Waals surface area (Å²) in [4.78, 5) is 4.35. The van der Waals surface area contributed by atoms with E-state index in [2.05, 4.69) is 25.8 Å². The van der Waals surface area contributed by atoms with Crippen molar-refractivity contribution in [2.75, 3.05) is 0 Å². The highest BCUT2D eigenvalue weighted by atomic mass is 16.6. The van der Waals surface area contributed by atoms with Crippen molar-refractivity contribution in [2.45, 2.75) is 123 Å². The molecule has 2 nitrogen and oxygen atoms in total. The Bertz CT molecular complexity index is 509. The molecule has 0 aliphatic carbocycles. The van der Waals surface area contributed by atoms with Crippen molar-refractivity contribution in [2.24, 2.45) is 0 Å². The van der Waals surface area contributed by atoms with Crippen LogP contribution in [-0.4, -0.2) is 4.98 Å². The van der Waals surface area contributed by atoms with Crippen LogP contribution in [0.15, 0.2) is 6.20 Å². The van der Waals surface area contributed by atoms with Crippen molar-refractivity contribution in [1.82, 2.24) is 4.98 Å². The lowest BCUT2D eigenvalue weighted by molar-refractivity contribution is 0.535. The van der Waals surface area contributed by atoms with Crippen LogP contribution in [0.4, 0.5) is 0 Å². The van der Waals surface area contributed by atoms with Crippen LogP contribution in [0, 0.1) is 0 Å². The van der Waals surface area contributed by atoms with E-state index in [1.165, 1.54) is 101 Å². The molecule has 1 aliphatic heterocycles. The lowest BCUT2D eigenvalue weighted by Crippen LogP contribution is -1.95. The second-order valence-corrected chi connectivity index (χ2v) is 8.43. The molecule has 0 spiro atoms. The Hall–Kier alpha value is -1.05. The fourth-order valence-electron chi connectivity index (χ4n) is 3.94. The van der Waals surface area contributed by atoms with Gasteiger partial charge in [-0.3, -0.25) is 0 Å². The molecule has 0 atom stereocenters. The zero-order valence-corrected chi connectivity index (χ0v) is 17.6. The molecule has 0 aromatic carbocycles. The van der Waals surface area contributed by atoms with E-state index in [0.29, 0.717) is 5.92 Å². The van der Waals surface area contributed by atoms with Gasteiger partial charge >= 0.3 is 0 Å². The molecule has 0 N–H and O–H groups in total. The van der Waals surface area contributed by atoms with E-state index in [0.717, 1.165) is 18.1 Å². The normalized spacial score (nSPS) is 12.3. The first-order valence-corrected chi connectivity index (χ1v) is 11.4. The molecule has 26 heavy (non-hydrogen) atoms. The number of ether oxygens (including phenoxy) is 1. The summed E-state index contributed by atoms with van der Waals surface area (Å²) in [5.41, 5.74) is 2.82. The van der Waals surface area contributed by atoms with Crippen molar-refractivity contribution in [3.63, 3.8) is 0 Å². The second kappa shape index (κ2) is 12.4. The zero-order chi connectivity index (χ0) is 18.6. The molecule has 0 unspecified atom stereocenters. The smallest absolute Gasteiger partial charge is 0.263 e. The van der Waals surface area contributed by atoms with Crippen LogP contribution < -0.4 is 4.74 Å². The van der Waals surface area contributed by atoms with E-state index in [9.17, 15) is 0 Å². The van der Waals surface area contributed by atoms with Gasteiger partial charge < -0.3 is 4.74 Å². The molecule has 0 fully saturated rings. The minimum absolute atomic E-state index is 0.540. The number of hydrogen-bond donors (Lipinski definition) is 0. The summed E-state index contributed by atoms with van der Waals surface area (Å²) in [6, 6.07) is 0. The molecule has 1 aliphatic rings. The van der Waals surface area contributed by atoms with Crippen LogP contribution in [-0.2, 0) is 6.42 Å². The topological polar surface area (TPSA) is 25.4 Å². The Morgan fingerprint density at radius 2 is 1.27 bits per heavy atom. The van der Waals surface area contributed by atoms with Crippen LogP contribution in [0.5, 0.6) is 11.6 Å². The molecule has 0 bridgehead atoms. The zero-order valence-electron chi connectivity index (χ0n) is 17.6. The van der Waals surface area contributed by atoms with Gasteiger partial charge in [0.05, 0.1) is 0 Å². The minimum Gasteiger partial charge on any atom is -0.430 e. The largest absolute Gasteiger partial charge is 0.430 e. The van der Waals surface area contributed by atoms with E-state index in [1.54, 1.807) is 0 Å². The van der Waals surface area contributed by atoms with Crippen LogP contribution in [0.3, 0.4) is 0 Å². The van der Waals surface area contributed by atoms with Crippen molar-refractivity contribution in [3.05, 3.63) is 17.3 Å². The molecule has 0 saturated carbocycles. The van der Waals surface area contributed by atoms with E-state index < -0.39 is 0 Å². The first-order chi connectivity index (χ1) is 12.7.